The zero-order valence-corrected chi connectivity index (χ0v) is 14.4. The fourth-order valence-corrected chi connectivity index (χ4v) is 3.05. The molecule has 0 radical (unpaired) electrons. The largest absolute Gasteiger partial charge is 0.486 e. The van der Waals surface area contributed by atoms with E-state index in [0.717, 1.165) is 0 Å². The molecule has 2 amide bonds. The first kappa shape index (κ1) is 16.9. The SMILES string of the molecule is N#Cc1ccccc1NC(=O)C1CC1C(=O)Nc1ccc2c(c1)OCCO2. The molecule has 27 heavy (non-hydrogen) atoms. The summed E-state index contributed by atoms with van der Waals surface area (Å²) < 4.78 is 11.0. The van der Waals surface area contributed by atoms with Gasteiger partial charge in [0.15, 0.2) is 11.5 Å². The summed E-state index contributed by atoms with van der Waals surface area (Å²) in [5, 5.41) is 14.6. The van der Waals surface area contributed by atoms with Gasteiger partial charge in [-0.1, -0.05) is 12.1 Å². The minimum atomic E-state index is -0.394. The molecule has 2 aromatic rings. The van der Waals surface area contributed by atoms with Gasteiger partial charge in [0.1, 0.15) is 19.3 Å². The molecule has 0 aromatic heterocycles. The predicted molar refractivity (Wildman–Crippen MR) is 97.4 cm³/mol. The van der Waals surface area contributed by atoms with Gasteiger partial charge in [0.05, 0.1) is 23.1 Å². The summed E-state index contributed by atoms with van der Waals surface area (Å²) in [4.78, 5) is 24.8. The maximum Gasteiger partial charge on any atom is 0.228 e. The second-order valence-corrected chi connectivity index (χ2v) is 6.44. The van der Waals surface area contributed by atoms with Gasteiger partial charge in [-0.2, -0.15) is 5.26 Å². The molecule has 1 saturated carbocycles. The van der Waals surface area contributed by atoms with Gasteiger partial charge in [0.25, 0.3) is 0 Å². The van der Waals surface area contributed by atoms with Crippen LogP contribution in [0, 0.1) is 23.2 Å². The molecule has 136 valence electrons. The van der Waals surface area contributed by atoms with Crippen molar-refractivity contribution in [2.45, 2.75) is 6.42 Å². The van der Waals surface area contributed by atoms with Gasteiger partial charge in [-0.25, -0.2) is 0 Å². The fraction of sp³-hybridized carbons (Fsp3) is 0.250. The van der Waals surface area contributed by atoms with Crippen molar-refractivity contribution in [1.82, 2.24) is 0 Å². The number of nitrogens with one attached hydrogen (secondary N) is 2. The average molecular weight is 363 g/mol. The van der Waals surface area contributed by atoms with Crippen LogP contribution in [0.1, 0.15) is 12.0 Å². The van der Waals surface area contributed by atoms with Crippen molar-refractivity contribution >= 4 is 23.2 Å². The molecular weight excluding hydrogens is 346 g/mol. The number of hydrogen-bond acceptors (Lipinski definition) is 5. The molecule has 1 aliphatic carbocycles. The van der Waals surface area contributed by atoms with Crippen LogP contribution < -0.4 is 20.1 Å². The van der Waals surface area contributed by atoms with Crippen LogP contribution >= 0.6 is 0 Å². The monoisotopic (exact) mass is 363 g/mol. The highest BCUT2D eigenvalue weighted by molar-refractivity contribution is 6.03. The van der Waals surface area contributed by atoms with E-state index in [0.29, 0.717) is 48.1 Å². The first-order chi connectivity index (χ1) is 13.2. The van der Waals surface area contributed by atoms with Crippen LogP contribution in [-0.2, 0) is 9.59 Å². The topological polar surface area (TPSA) is 100 Å². The van der Waals surface area contributed by atoms with E-state index >= 15 is 0 Å². The number of fused-ring (bicyclic) bond motifs is 1. The number of anilines is 2. The van der Waals surface area contributed by atoms with Crippen LogP contribution in [0.3, 0.4) is 0 Å². The highest BCUT2D eigenvalue weighted by Gasteiger charge is 2.48. The van der Waals surface area contributed by atoms with Gasteiger partial charge in [-0.3, -0.25) is 9.59 Å². The van der Waals surface area contributed by atoms with Gasteiger partial charge < -0.3 is 20.1 Å². The Morgan fingerprint density at radius 2 is 1.67 bits per heavy atom. The Kier molecular flexibility index (Phi) is 4.38. The van der Waals surface area contributed by atoms with E-state index in [1.165, 1.54) is 0 Å². The van der Waals surface area contributed by atoms with Crippen LogP contribution in [0.2, 0.25) is 0 Å². The molecule has 1 fully saturated rings. The number of amides is 2. The third kappa shape index (κ3) is 3.55. The Morgan fingerprint density at radius 3 is 2.44 bits per heavy atom. The Bertz CT molecular complexity index is 950. The number of carbonyl (C=O) groups is 2. The van der Waals surface area contributed by atoms with Crippen LogP contribution in [-0.4, -0.2) is 25.0 Å². The van der Waals surface area contributed by atoms with E-state index in [-0.39, 0.29) is 17.7 Å². The zero-order chi connectivity index (χ0) is 18.8. The summed E-state index contributed by atoms with van der Waals surface area (Å²) in [6.07, 6.45) is 0.483. The van der Waals surface area contributed by atoms with Crippen molar-refractivity contribution in [3.63, 3.8) is 0 Å². The quantitative estimate of drug-likeness (QED) is 0.869. The lowest BCUT2D eigenvalue weighted by molar-refractivity contribution is -0.122. The lowest BCUT2D eigenvalue weighted by atomic mass is 10.2. The second-order valence-electron chi connectivity index (χ2n) is 6.44. The molecule has 2 unspecified atom stereocenters. The molecule has 7 nitrogen and oxygen atoms in total. The van der Waals surface area contributed by atoms with E-state index in [1.807, 2.05) is 6.07 Å². The van der Waals surface area contributed by atoms with Crippen LogP contribution in [0.5, 0.6) is 11.5 Å². The minimum absolute atomic E-state index is 0.208. The van der Waals surface area contributed by atoms with Gasteiger partial charge in [-0.05, 0) is 30.7 Å². The molecule has 1 aliphatic heterocycles. The Balaban J connectivity index is 1.36. The molecule has 2 aliphatic rings. The lowest BCUT2D eigenvalue weighted by Gasteiger charge is -2.19. The number of benzene rings is 2. The summed E-state index contributed by atoms with van der Waals surface area (Å²) in [6.45, 7) is 0.978. The first-order valence-electron chi connectivity index (χ1n) is 8.66. The molecule has 1 heterocycles. The maximum absolute atomic E-state index is 12.4. The van der Waals surface area contributed by atoms with E-state index in [1.54, 1.807) is 42.5 Å². The highest BCUT2D eigenvalue weighted by atomic mass is 16.6. The van der Waals surface area contributed by atoms with Crippen LogP contribution in [0.4, 0.5) is 11.4 Å². The number of rotatable bonds is 4. The summed E-state index contributed by atoms with van der Waals surface area (Å²) >= 11 is 0. The Labute approximate surface area is 155 Å². The van der Waals surface area contributed by atoms with Crippen molar-refractivity contribution < 1.29 is 19.1 Å². The third-order valence-corrected chi connectivity index (χ3v) is 4.58. The molecule has 2 atom stereocenters. The molecule has 2 N–H and O–H groups in total. The number of ether oxygens (including phenoxy) is 2. The third-order valence-electron chi connectivity index (χ3n) is 4.58. The predicted octanol–water partition coefficient (Wildman–Crippen LogP) is 2.54. The van der Waals surface area contributed by atoms with Crippen LogP contribution in [0.15, 0.2) is 42.5 Å². The van der Waals surface area contributed by atoms with Gasteiger partial charge in [0, 0.05) is 11.8 Å². The van der Waals surface area contributed by atoms with Crippen molar-refractivity contribution in [3.05, 3.63) is 48.0 Å². The van der Waals surface area contributed by atoms with Gasteiger partial charge in [-0.15, -0.1) is 0 Å². The van der Waals surface area contributed by atoms with Crippen molar-refractivity contribution in [2.75, 3.05) is 23.8 Å². The number of nitrogens with zero attached hydrogens (tertiary/aromatic N) is 1. The van der Waals surface area contributed by atoms with Gasteiger partial charge in [0.2, 0.25) is 11.8 Å². The standard InChI is InChI=1S/C20H17N3O4/c21-11-12-3-1-2-4-16(12)23-20(25)15-10-14(15)19(24)22-13-5-6-17-18(9-13)27-8-7-26-17/h1-6,9,14-15H,7-8,10H2,(H,22,24)(H,23,25). The summed E-state index contributed by atoms with van der Waals surface area (Å²) in [5.74, 6) is 0.0122. The number of carbonyl (C=O) groups excluding carboxylic acids is 2. The van der Waals surface area contributed by atoms with Crippen LogP contribution in [0.25, 0.3) is 0 Å². The second kappa shape index (κ2) is 7.00. The summed E-state index contributed by atoms with van der Waals surface area (Å²) in [7, 11) is 0. The minimum Gasteiger partial charge on any atom is -0.486 e. The molecule has 0 saturated heterocycles. The smallest absolute Gasteiger partial charge is 0.228 e. The number of hydrogen-bond donors (Lipinski definition) is 2. The van der Waals surface area contributed by atoms with E-state index in [9.17, 15) is 9.59 Å². The molecular formula is C20H17N3O4. The van der Waals surface area contributed by atoms with E-state index in [2.05, 4.69) is 10.6 Å². The van der Waals surface area contributed by atoms with Crippen molar-refractivity contribution in [2.24, 2.45) is 11.8 Å². The summed E-state index contributed by atoms with van der Waals surface area (Å²) in [6, 6.07) is 14.0. The first-order valence-corrected chi connectivity index (χ1v) is 8.66. The number of para-hydroxylation sites is 1. The molecule has 4 rings (SSSR count). The summed E-state index contributed by atoms with van der Waals surface area (Å²) in [5.41, 5.74) is 1.46. The lowest BCUT2D eigenvalue weighted by Crippen LogP contribution is -2.21. The molecule has 2 aromatic carbocycles. The normalized spacial score (nSPS) is 19.5. The van der Waals surface area contributed by atoms with Gasteiger partial charge >= 0.3 is 0 Å². The molecule has 0 bridgehead atoms. The molecule has 7 heteroatoms. The average Bonchev–Trinajstić information content (AvgIpc) is 3.49. The molecule has 0 spiro atoms. The maximum atomic E-state index is 12.4. The van der Waals surface area contributed by atoms with Crippen molar-refractivity contribution in [1.29, 1.82) is 5.26 Å². The fourth-order valence-electron chi connectivity index (χ4n) is 3.05. The number of nitriles is 1. The Morgan fingerprint density at radius 1 is 0.963 bits per heavy atom. The Hall–Kier alpha value is -3.53. The van der Waals surface area contributed by atoms with Crippen molar-refractivity contribution in [3.8, 4) is 17.6 Å². The zero-order valence-electron chi connectivity index (χ0n) is 14.4. The van der Waals surface area contributed by atoms with E-state index < -0.39 is 5.92 Å². The highest BCUT2D eigenvalue weighted by Crippen LogP contribution is 2.41. The van der Waals surface area contributed by atoms with E-state index in [4.69, 9.17) is 14.7 Å².